The maximum absolute atomic E-state index is 13.2. The van der Waals surface area contributed by atoms with Gasteiger partial charge in [0, 0.05) is 18.8 Å². The standard InChI is InChI=1S/C57H94O29S/c1-20(2)16-25(59)18-57(9,72)31-11-10-27-32-28(13-15-56(27,31)8)55(7)14-12-26(86-87(73,74)75)17-29(55)46(37(32)64)82-52-44(71)47(35(62)23(5)78-52)83-53-49(85-51-42(69)39(66)34(61)22(4)77-51)43(70)45(24(6)79-53)81-54-48(40(67)36(63)30(19-58)80-54)84-50-41(68)38(65)33(60)21(3)76-50/h13,20-24,26-27,29-54,58,60-72H,10-12,14-19H2,1-9H3,(H,73,74,75)/t21-,22-,23-,24-,26+,27+,29-,30-,31+,32+,33+,34-,35-,36-,37+,38+,39+,40+,41-,42-,43+,44-,45-,46-,47+,48-,49-,50+,51+,52+,53+,54+,55-,56+,57+/m1/s1. The number of hydrogen-bond donors (Lipinski definition) is 15. The van der Waals surface area contributed by atoms with Gasteiger partial charge in [0.05, 0.1) is 54.9 Å². The Morgan fingerprint density at radius 2 is 1.10 bits per heavy atom. The number of aliphatic hydroxyl groups is 14. The maximum atomic E-state index is 13.2. The minimum atomic E-state index is -4.96. The number of hydrogen-bond acceptors (Lipinski definition) is 28. The summed E-state index contributed by atoms with van der Waals surface area (Å²) in [7, 11) is -4.96. The predicted molar refractivity (Wildman–Crippen MR) is 292 cm³/mol. The molecule has 9 rings (SSSR count). The fourth-order valence-corrected chi connectivity index (χ4v) is 16.5. The van der Waals surface area contributed by atoms with Gasteiger partial charge in [0.25, 0.3) is 0 Å². The van der Waals surface area contributed by atoms with E-state index < -0.39 is 217 Å². The zero-order valence-electron chi connectivity index (χ0n) is 50.3. The largest absolute Gasteiger partial charge is 0.397 e. The van der Waals surface area contributed by atoms with Crippen molar-refractivity contribution in [2.24, 2.45) is 40.4 Å². The van der Waals surface area contributed by atoms with E-state index in [1.54, 1.807) is 6.92 Å². The fraction of sp³-hybridized carbons (Fsp3) is 0.947. The first-order valence-corrected chi connectivity index (χ1v) is 31.8. The molecule has 0 amide bonds. The van der Waals surface area contributed by atoms with Crippen molar-refractivity contribution in [3.05, 3.63) is 11.6 Å². The molecule has 35 atom stereocenters. The summed E-state index contributed by atoms with van der Waals surface area (Å²) >= 11 is 0. The van der Waals surface area contributed by atoms with E-state index in [2.05, 4.69) is 13.0 Å². The van der Waals surface area contributed by atoms with Crippen LogP contribution < -0.4 is 0 Å². The second-order valence-electron chi connectivity index (χ2n) is 27.2. The zero-order valence-corrected chi connectivity index (χ0v) is 51.1. The highest BCUT2D eigenvalue weighted by Crippen LogP contribution is 2.67. The predicted octanol–water partition coefficient (Wildman–Crippen LogP) is -3.32. The van der Waals surface area contributed by atoms with Crippen molar-refractivity contribution >= 4 is 16.2 Å². The lowest BCUT2D eigenvalue weighted by Crippen LogP contribution is -2.68. The molecule has 4 aliphatic carbocycles. The normalized spacial score (nSPS) is 52.1. The van der Waals surface area contributed by atoms with E-state index in [-0.39, 0.29) is 42.8 Å². The molecule has 5 aliphatic heterocycles. The Morgan fingerprint density at radius 1 is 0.598 bits per heavy atom. The molecule has 502 valence electrons. The molecule has 5 saturated heterocycles. The Morgan fingerprint density at radius 3 is 1.67 bits per heavy atom. The molecule has 9 aliphatic rings. The van der Waals surface area contributed by atoms with Crippen LogP contribution in [0, 0.1) is 40.4 Å². The van der Waals surface area contributed by atoms with Crippen LogP contribution in [0.5, 0.6) is 0 Å². The molecule has 3 saturated carbocycles. The Bertz CT molecular complexity index is 2490. The second kappa shape index (κ2) is 26.6. The number of Topliss-reactive ketones (excluding diaryl/α,β-unsaturated/α-hetero) is 1. The van der Waals surface area contributed by atoms with Crippen molar-refractivity contribution in [1.29, 1.82) is 0 Å². The minimum absolute atomic E-state index is 0.0580. The first kappa shape index (κ1) is 69.7. The third kappa shape index (κ3) is 13.6. The number of ketones is 1. The number of fused-ring (bicyclic) bond motifs is 5. The summed E-state index contributed by atoms with van der Waals surface area (Å²) in [5.41, 5.74) is -1.97. The van der Waals surface area contributed by atoms with Gasteiger partial charge < -0.3 is 119 Å². The number of aliphatic hydroxyl groups excluding tert-OH is 13. The molecule has 0 unspecified atom stereocenters. The van der Waals surface area contributed by atoms with Crippen LogP contribution in [0.15, 0.2) is 11.6 Å². The van der Waals surface area contributed by atoms with Crippen LogP contribution in [-0.4, -0.2) is 274 Å². The van der Waals surface area contributed by atoms with Crippen molar-refractivity contribution < 1.29 is 141 Å². The van der Waals surface area contributed by atoms with Gasteiger partial charge >= 0.3 is 10.4 Å². The second-order valence-corrected chi connectivity index (χ2v) is 28.2. The van der Waals surface area contributed by atoms with E-state index in [9.17, 15) is 89.3 Å². The number of carbonyl (C=O) groups is 1. The third-order valence-corrected chi connectivity index (χ3v) is 21.2. The van der Waals surface area contributed by atoms with E-state index in [1.807, 2.05) is 20.8 Å². The van der Waals surface area contributed by atoms with Gasteiger partial charge in [-0.25, -0.2) is 4.18 Å². The lowest BCUT2D eigenvalue weighted by Gasteiger charge is -2.61. The maximum Gasteiger partial charge on any atom is 0.397 e. The van der Waals surface area contributed by atoms with Gasteiger partial charge in [0.15, 0.2) is 31.5 Å². The molecule has 0 aromatic carbocycles. The molecule has 0 spiro atoms. The first-order chi connectivity index (χ1) is 40.5. The van der Waals surface area contributed by atoms with Crippen LogP contribution in [0.2, 0.25) is 0 Å². The molecule has 29 nitrogen and oxygen atoms in total. The SMILES string of the molecule is CC(C)CC(=O)C[C@](C)(O)[C@H]1CC[C@H]2[C@H]3C(=CC[C@@]21C)[C@@]1(C)CC[C@H](OS(=O)(=O)O)C[C@@H]1[C@@H](O[C@@H]1O[C@H](C)[C@@H](O)[C@H](O[C@@H]2O[C@H](C)[C@@H](O[C@@H]4O[C@H](CO)[C@@H](O)[C@H](O)[C@H]4O[C@@H]4O[C@H](C)[C@H](O)[C@H](O)[C@H]4O)[C@H](O)[C@H]2O[C@@H]2O[C@H](C)[C@@H](O)[C@H](O)[C@H]2O)[C@H]1O)[C@H]3O. The summed E-state index contributed by atoms with van der Waals surface area (Å²) in [5, 5.41) is 159. The van der Waals surface area contributed by atoms with Gasteiger partial charge in [-0.05, 0) is 108 Å². The molecular formula is C57H94O29S. The van der Waals surface area contributed by atoms with Crippen LogP contribution in [0.3, 0.4) is 0 Å². The van der Waals surface area contributed by atoms with Gasteiger partial charge in [0.1, 0.15) is 103 Å². The average molecular weight is 1280 g/mol. The number of rotatable bonds is 18. The van der Waals surface area contributed by atoms with Crippen molar-refractivity contribution in [3.63, 3.8) is 0 Å². The minimum Gasteiger partial charge on any atom is -0.394 e. The molecule has 0 bridgehead atoms. The van der Waals surface area contributed by atoms with Gasteiger partial charge in [-0.1, -0.05) is 39.3 Å². The van der Waals surface area contributed by atoms with E-state index in [0.29, 0.717) is 32.1 Å². The molecule has 0 radical (unpaired) electrons. The lowest BCUT2D eigenvalue weighted by atomic mass is 9.46. The van der Waals surface area contributed by atoms with Crippen LogP contribution in [0.4, 0.5) is 0 Å². The van der Waals surface area contributed by atoms with E-state index >= 15 is 0 Å². The average Bonchev–Trinajstić information content (AvgIpc) is 1.70. The summed E-state index contributed by atoms with van der Waals surface area (Å²) in [6, 6.07) is 0. The van der Waals surface area contributed by atoms with Crippen LogP contribution >= 0.6 is 0 Å². The molecular weight excluding hydrogens is 1180 g/mol. The molecule has 8 fully saturated rings. The van der Waals surface area contributed by atoms with E-state index in [1.165, 1.54) is 27.7 Å². The van der Waals surface area contributed by atoms with Crippen molar-refractivity contribution in [2.75, 3.05) is 6.61 Å². The summed E-state index contributed by atoms with van der Waals surface area (Å²) in [6.45, 7) is 14.2. The zero-order chi connectivity index (χ0) is 64.1. The number of ether oxygens (including phenoxy) is 10. The number of carbonyl (C=O) groups excluding carboxylic acids is 1. The Hall–Kier alpha value is -1.68. The van der Waals surface area contributed by atoms with Gasteiger partial charge in [0.2, 0.25) is 0 Å². The van der Waals surface area contributed by atoms with Crippen LogP contribution in [0.1, 0.15) is 114 Å². The summed E-state index contributed by atoms with van der Waals surface area (Å²) < 4.78 is 101. The Kier molecular flexibility index (Phi) is 21.3. The molecule has 0 aromatic rings. The van der Waals surface area contributed by atoms with Crippen molar-refractivity contribution in [2.45, 2.75) is 291 Å². The van der Waals surface area contributed by atoms with Crippen molar-refractivity contribution in [3.8, 4) is 0 Å². The summed E-state index contributed by atoms with van der Waals surface area (Å²) in [4.78, 5) is 13.2. The van der Waals surface area contributed by atoms with Crippen LogP contribution in [0.25, 0.3) is 0 Å². The fourth-order valence-electron chi connectivity index (χ4n) is 16.0. The topological polar surface area (TPSA) is 456 Å². The molecule has 0 aromatic heterocycles. The molecule has 5 heterocycles. The third-order valence-electron chi connectivity index (χ3n) is 20.7. The lowest BCUT2D eigenvalue weighted by molar-refractivity contribution is -0.407. The molecule has 15 N–H and O–H groups in total. The number of allylic oxidation sites excluding steroid dienone is 1. The summed E-state index contributed by atoms with van der Waals surface area (Å²) in [6.07, 6.45) is -43.1. The highest BCUT2D eigenvalue weighted by atomic mass is 32.3. The van der Waals surface area contributed by atoms with E-state index in [0.717, 1.165) is 5.57 Å². The van der Waals surface area contributed by atoms with E-state index in [4.69, 9.17) is 51.6 Å². The molecule has 87 heavy (non-hydrogen) atoms. The van der Waals surface area contributed by atoms with Crippen LogP contribution in [-0.2, 0) is 66.7 Å². The highest BCUT2D eigenvalue weighted by molar-refractivity contribution is 7.80. The Balaban J connectivity index is 1.01. The summed E-state index contributed by atoms with van der Waals surface area (Å²) in [5.74, 6) is -2.05. The quantitative estimate of drug-likeness (QED) is 0.0472. The smallest absolute Gasteiger partial charge is 0.394 e. The van der Waals surface area contributed by atoms with Gasteiger partial charge in [-0.3, -0.25) is 9.35 Å². The van der Waals surface area contributed by atoms with Crippen molar-refractivity contribution in [1.82, 2.24) is 0 Å². The first-order valence-electron chi connectivity index (χ1n) is 30.5. The van der Waals surface area contributed by atoms with Gasteiger partial charge in [-0.2, -0.15) is 8.42 Å². The molecule has 30 heteroatoms. The monoisotopic (exact) mass is 1270 g/mol. The van der Waals surface area contributed by atoms with Gasteiger partial charge in [-0.15, -0.1) is 0 Å². The Labute approximate surface area is 505 Å². The highest BCUT2D eigenvalue weighted by Gasteiger charge is 2.66.